The maximum atomic E-state index is 10.8. The number of carbonyl (C=O) groups excluding carboxylic acids is 2. The van der Waals surface area contributed by atoms with Gasteiger partial charge in [0.15, 0.2) is 0 Å². The van der Waals surface area contributed by atoms with Crippen molar-refractivity contribution in [1.82, 2.24) is 0 Å². The van der Waals surface area contributed by atoms with Crippen molar-refractivity contribution in [3.05, 3.63) is 22.4 Å². The number of carbonyl (C=O) groups is 2. The van der Waals surface area contributed by atoms with Crippen molar-refractivity contribution in [1.29, 1.82) is 0 Å². The first-order chi connectivity index (χ1) is 6.24. The summed E-state index contributed by atoms with van der Waals surface area (Å²) >= 11 is 1.45. The average molecular weight is 200 g/mol. The molecule has 4 nitrogen and oxygen atoms in total. The quantitative estimate of drug-likeness (QED) is 0.527. The Balaban J connectivity index is 2.35. The van der Waals surface area contributed by atoms with Gasteiger partial charge in [-0.25, -0.2) is 9.59 Å². The zero-order chi connectivity index (χ0) is 9.68. The Bertz CT molecular complexity index is 291. The second-order valence-electron chi connectivity index (χ2n) is 2.15. The van der Waals surface area contributed by atoms with Crippen LogP contribution in [0.25, 0.3) is 0 Å². The number of esters is 2. The lowest BCUT2D eigenvalue weighted by atomic mass is 10.5. The van der Waals surface area contributed by atoms with Crippen molar-refractivity contribution in [2.24, 2.45) is 0 Å². The van der Waals surface area contributed by atoms with Crippen LogP contribution in [0.4, 0.5) is 0 Å². The third-order valence-corrected chi connectivity index (χ3v) is 2.13. The smallest absolute Gasteiger partial charge is 0.417 e. The summed E-state index contributed by atoms with van der Waals surface area (Å²) in [6.07, 6.45) is 0. The molecule has 0 aliphatic heterocycles. The van der Waals surface area contributed by atoms with Gasteiger partial charge in [0.25, 0.3) is 0 Å². The molecule has 0 N–H and O–H groups in total. The van der Waals surface area contributed by atoms with Crippen LogP contribution in [0.2, 0.25) is 0 Å². The van der Waals surface area contributed by atoms with E-state index in [1.54, 1.807) is 0 Å². The lowest BCUT2D eigenvalue weighted by Crippen LogP contribution is -2.18. The van der Waals surface area contributed by atoms with E-state index in [0.717, 1.165) is 12.0 Å². The highest BCUT2D eigenvalue weighted by Gasteiger charge is 2.15. The summed E-state index contributed by atoms with van der Waals surface area (Å²) < 4.78 is 8.81. The van der Waals surface area contributed by atoms with Crippen LogP contribution in [0.15, 0.2) is 17.5 Å². The molecule has 0 aliphatic rings. The summed E-state index contributed by atoms with van der Waals surface area (Å²) in [4.78, 5) is 22.2. The van der Waals surface area contributed by atoms with Gasteiger partial charge in [0, 0.05) is 4.88 Å². The first-order valence-corrected chi connectivity index (χ1v) is 4.39. The number of hydrogen-bond acceptors (Lipinski definition) is 5. The molecular formula is C8H8O4S. The highest BCUT2D eigenvalue weighted by Crippen LogP contribution is 2.09. The van der Waals surface area contributed by atoms with E-state index in [0.29, 0.717) is 0 Å². The van der Waals surface area contributed by atoms with Gasteiger partial charge in [-0.2, -0.15) is 0 Å². The number of ether oxygens (including phenoxy) is 2. The zero-order valence-corrected chi connectivity index (χ0v) is 7.80. The molecule has 0 aliphatic carbocycles. The van der Waals surface area contributed by atoms with E-state index in [4.69, 9.17) is 0 Å². The Hall–Kier alpha value is -1.36. The first kappa shape index (κ1) is 9.73. The van der Waals surface area contributed by atoms with Crippen molar-refractivity contribution in [2.75, 3.05) is 7.11 Å². The van der Waals surface area contributed by atoms with E-state index in [1.807, 2.05) is 17.5 Å². The van der Waals surface area contributed by atoms with Crippen LogP contribution in [0.5, 0.6) is 0 Å². The Kier molecular flexibility index (Phi) is 3.45. The van der Waals surface area contributed by atoms with E-state index in [1.165, 1.54) is 11.3 Å². The minimum Gasteiger partial charge on any atom is -0.461 e. The summed E-state index contributed by atoms with van der Waals surface area (Å²) in [7, 11) is 1.13. The molecule has 5 heteroatoms. The summed E-state index contributed by atoms with van der Waals surface area (Å²) in [6, 6.07) is 3.65. The molecule has 0 saturated carbocycles. The Labute approximate surface area is 79.1 Å². The molecule has 0 amide bonds. The Morgan fingerprint density at radius 3 is 2.77 bits per heavy atom. The minimum absolute atomic E-state index is 0.117. The van der Waals surface area contributed by atoms with E-state index >= 15 is 0 Å². The van der Waals surface area contributed by atoms with Crippen molar-refractivity contribution >= 4 is 23.3 Å². The van der Waals surface area contributed by atoms with Crippen LogP contribution in [0.1, 0.15) is 4.88 Å². The van der Waals surface area contributed by atoms with Crippen molar-refractivity contribution in [3.8, 4) is 0 Å². The van der Waals surface area contributed by atoms with Crippen LogP contribution < -0.4 is 0 Å². The van der Waals surface area contributed by atoms with Gasteiger partial charge in [-0.3, -0.25) is 0 Å². The molecule has 13 heavy (non-hydrogen) atoms. The molecule has 1 aromatic heterocycles. The normalized spacial score (nSPS) is 9.31. The van der Waals surface area contributed by atoms with E-state index in [-0.39, 0.29) is 6.61 Å². The monoisotopic (exact) mass is 200 g/mol. The van der Waals surface area contributed by atoms with Crippen LogP contribution >= 0.6 is 11.3 Å². The van der Waals surface area contributed by atoms with Gasteiger partial charge in [0.2, 0.25) is 0 Å². The molecule has 0 radical (unpaired) electrons. The van der Waals surface area contributed by atoms with Gasteiger partial charge in [0.05, 0.1) is 7.11 Å². The highest BCUT2D eigenvalue weighted by molar-refractivity contribution is 7.09. The summed E-state index contributed by atoms with van der Waals surface area (Å²) in [5, 5.41) is 1.86. The molecule has 0 bridgehead atoms. The lowest BCUT2D eigenvalue weighted by molar-refractivity contribution is -0.166. The average Bonchev–Trinajstić information content (AvgIpc) is 2.65. The van der Waals surface area contributed by atoms with Gasteiger partial charge in [-0.05, 0) is 11.4 Å². The number of methoxy groups -OCH3 is 1. The van der Waals surface area contributed by atoms with Gasteiger partial charge >= 0.3 is 11.9 Å². The molecule has 0 fully saturated rings. The third kappa shape index (κ3) is 2.87. The largest absolute Gasteiger partial charge is 0.461 e. The Morgan fingerprint density at radius 1 is 1.46 bits per heavy atom. The van der Waals surface area contributed by atoms with E-state index in [2.05, 4.69) is 9.47 Å². The first-order valence-electron chi connectivity index (χ1n) is 3.51. The van der Waals surface area contributed by atoms with Crippen LogP contribution in [-0.2, 0) is 25.7 Å². The number of hydrogen-bond donors (Lipinski definition) is 0. The fourth-order valence-corrected chi connectivity index (χ4v) is 1.29. The molecule has 0 aromatic carbocycles. The van der Waals surface area contributed by atoms with Gasteiger partial charge in [-0.1, -0.05) is 6.07 Å². The molecule has 0 spiro atoms. The molecule has 1 rings (SSSR count). The van der Waals surface area contributed by atoms with Crippen molar-refractivity contribution in [2.45, 2.75) is 6.61 Å². The summed E-state index contributed by atoms with van der Waals surface area (Å²) in [5.41, 5.74) is 0. The second kappa shape index (κ2) is 4.61. The predicted molar refractivity (Wildman–Crippen MR) is 46.1 cm³/mol. The molecule has 1 heterocycles. The SMILES string of the molecule is COC(=O)C(=O)OCc1cccs1. The molecule has 1 aromatic rings. The van der Waals surface area contributed by atoms with E-state index in [9.17, 15) is 9.59 Å². The number of thiophene rings is 1. The standard InChI is InChI=1S/C8H8O4S/c1-11-7(9)8(10)12-5-6-3-2-4-13-6/h2-4H,5H2,1H3. The molecule has 0 saturated heterocycles. The second-order valence-corrected chi connectivity index (χ2v) is 3.18. The summed E-state index contributed by atoms with van der Waals surface area (Å²) in [6.45, 7) is 0.117. The van der Waals surface area contributed by atoms with Crippen LogP contribution in [0.3, 0.4) is 0 Å². The minimum atomic E-state index is -0.975. The maximum absolute atomic E-state index is 10.8. The highest BCUT2D eigenvalue weighted by atomic mass is 32.1. The fraction of sp³-hybridized carbons (Fsp3) is 0.250. The van der Waals surface area contributed by atoms with Crippen molar-refractivity contribution < 1.29 is 19.1 Å². The molecule has 0 atom stereocenters. The van der Waals surface area contributed by atoms with Crippen molar-refractivity contribution in [3.63, 3.8) is 0 Å². The van der Waals surface area contributed by atoms with Gasteiger partial charge in [0.1, 0.15) is 6.61 Å². The Morgan fingerprint density at radius 2 is 2.23 bits per heavy atom. The predicted octanol–water partition coefficient (Wildman–Crippen LogP) is 0.964. The zero-order valence-electron chi connectivity index (χ0n) is 6.98. The van der Waals surface area contributed by atoms with Crippen LogP contribution in [0, 0.1) is 0 Å². The lowest BCUT2D eigenvalue weighted by Gasteiger charge is -1.99. The topological polar surface area (TPSA) is 52.6 Å². The van der Waals surface area contributed by atoms with E-state index < -0.39 is 11.9 Å². The fourth-order valence-electron chi connectivity index (χ4n) is 0.674. The number of rotatable bonds is 2. The molecule has 0 unspecified atom stereocenters. The van der Waals surface area contributed by atoms with Gasteiger partial charge in [-0.15, -0.1) is 11.3 Å². The maximum Gasteiger partial charge on any atom is 0.417 e. The van der Waals surface area contributed by atoms with Crippen LogP contribution in [-0.4, -0.2) is 19.0 Å². The molecular weight excluding hydrogens is 192 g/mol. The molecule has 70 valence electrons. The summed E-state index contributed by atoms with van der Waals surface area (Å²) in [5.74, 6) is -1.94. The third-order valence-electron chi connectivity index (χ3n) is 1.28. The van der Waals surface area contributed by atoms with Gasteiger partial charge < -0.3 is 9.47 Å².